The lowest BCUT2D eigenvalue weighted by molar-refractivity contribution is 0.102. The third-order valence-corrected chi connectivity index (χ3v) is 3.90. The Hall–Kier alpha value is -2.41. The summed E-state index contributed by atoms with van der Waals surface area (Å²) >= 11 is 1.59. The molecule has 0 radical (unpaired) electrons. The fraction of sp³-hybridized carbons (Fsp3) is 0.154. The van der Waals surface area contributed by atoms with Gasteiger partial charge in [-0.25, -0.2) is 4.98 Å². The van der Waals surface area contributed by atoms with Gasteiger partial charge in [-0.2, -0.15) is 5.10 Å². The van der Waals surface area contributed by atoms with E-state index in [0.29, 0.717) is 17.1 Å². The number of aromatic amines is 1. The Bertz CT molecular complexity index is 804. The van der Waals surface area contributed by atoms with Gasteiger partial charge in [-0.15, -0.1) is 11.3 Å². The molecule has 102 valence electrons. The van der Waals surface area contributed by atoms with Crippen LogP contribution in [0, 0.1) is 13.8 Å². The lowest BCUT2D eigenvalue weighted by Crippen LogP contribution is -2.14. The van der Waals surface area contributed by atoms with Gasteiger partial charge in [0.2, 0.25) is 0 Å². The summed E-state index contributed by atoms with van der Waals surface area (Å²) in [5, 5.41) is 10.4. The molecule has 2 heterocycles. The fourth-order valence-electron chi connectivity index (χ4n) is 1.92. The normalized spacial score (nSPS) is 10.9. The van der Waals surface area contributed by atoms with E-state index in [1.165, 1.54) is 0 Å². The van der Waals surface area contributed by atoms with Gasteiger partial charge in [0.05, 0.1) is 26.6 Å². The predicted octanol–water partition coefficient (Wildman–Crippen LogP) is 2.47. The number of nitrogens with zero attached hydrogens (tertiary/aromatic N) is 2. The molecule has 0 atom stereocenters. The smallest absolute Gasteiger partial charge is 0.278 e. The first-order valence-corrected chi connectivity index (χ1v) is 6.85. The van der Waals surface area contributed by atoms with E-state index in [1.54, 1.807) is 18.3 Å². The molecule has 2 aromatic heterocycles. The number of aromatic nitrogens is 3. The van der Waals surface area contributed by atoms with Crippen molar-refractivity contribution in [2.75, 3.05) is 11.1 Å². The number of hydrogen-bond donors (Lipinski definition) is 3. The SMILES string of the molecule is Cc1nc2ccc(NC(=O)c3n[nH]c(C)c3N)cc2s1. The number of anilines is 2. The van der Waals surface area contributed by atoms with Gasteiger partial charge < -0.3 is 11.1 Å². The van der Waals surface area contributed by atoms with Crippen molar-refractivity contribution in [3.05, 3.63) is 34.6 Å². The van der Waals surface area contributed by atoms with Gasteiger partial charge in [0, 0.05) is 5.69 Å². The van der Waals surface area contributed by atoms with Crippen LogP contribution in [0.1, 0.15) is 21.2 Å². The molecule has 6 nitrogen and oxygen atoms in total. The molecule has 0 aliphatic rings. The van der Waals surface area contributed by atoms with Gasteiger partial charge in [-0.3, -0.25) is 9.89 Å². The highest BCUT2D eigenvalue weighted by molar-refractivity contribution is 7.18. The number of carbonyl (C=O) groups is 1. The van der Waals surface area contributed by atoms with Crippen LogP contribution in [0.4, 0.5) is 11.4 Å². The molecular weight excluding hydrogens is 274 g/mol. The van der Waals surface area contributed by atoms with Gasteiger partial charge in [0.25, 0.3) is 5.91 Å². The molecule has 0 fully saturated rings. The first kappa shape index (κ1) is 12.6. The second-order valence-corrected chi connectivity index (χ2v) is 5.72. The van der Waals surface area contributed by atoms with Crippen LogP contribution in [-0.2, 0) is 0 Å². The van der Waals surface area contributed by atoms with E-state index in [0.717, 1.165) is 15.2 Å². The average Bonchev–Trinajstić information content (AvgIpc) is 2.92. The Morgan fingerprint density at radius 2 is 2.20 bits per heavy atom. The minimum absolute atomic E-state index is 0.211. The highest BCUT2D eigenvalue weighted by atomic mass is 32.1. The number of carbonyl (C=O) groups excluding carboxylic acids is 1. The Balaban J connectivity index is 1.88. The minimum Gasteiger partial charge on any atom is -0.395 e. The summed E-state index contributed by atoms with van der Waals surface area (Å²) in [5.41, 5.74) is 8.69. The van der Waals surface area contributed by atoms with Crippen LogP contribution in [0.25, 0.3) is 10.2 Å². The van der Waals surface area contributed by atoms with Gasteiger partial charge in [0.1, 0.15) is 0 Å². The highest BCUT2D eigenvalue weighted by Crippen LogP contribution is 2.25. The molecule has 0 aliphatic carbocycles. The molecule has 0 unspecified atom stereocenters. The zero-order valence-corrected chi connectivity index (χ0v) is 11.8. The maximum absolute atomic E-state index is 12.1. The van der Waals surface area contributed by atoms with Crippen molar-refractivity contribution in [1.29, 1.82) is 0 Å². The molecule has 3 rings (SSSR count). The number of nitrogens with two attached hydrogens (primary N) is 1. The van der Waals surface area contributed by atoms with Crippen LogP contribution in [0.3, 0.4) is 0 Å². The molecule has 1 amide bonds. The summed E-state index contributed by atoms with van der Waals surface area (Å²) in [6.45, 7) is 3.72. The number of nitrogen functional groups attached to an aromatic ring is 1. The standard InChI is InChI=1S/C13H13N5OS/c1-6-11(14)12(18-17-6)13(19)16-8-3-4-9-10(5-8)20-7(2)15-9/h3-5H,14H2,1-2H3,(H,16,19)(H,17,18). The molecule has 3 aromatic rings. The molecule has 1 aromatic carbocycles. The Kier molecular flexibility index (Phi) is 2.90. The first-order chi connectivity index (χ1) is 9.54. The van der Waals surface area contributed by atoms with Crippen molar-refractivity contribution < 1.29 is 4.79 Å². The van der Waals surface area contributed by atoms with Crippen molar-refractivity contribution in [3.8, 4) is 0 Å². The molecular formula is C13H13N5OS. The molecule has 0 saturated heterocycles. The van der Waals surface area contributed by atoms with Crippen LogP contribution in [0.15, 0.2) is 18.2 Å². The van der Waals surface area contributed by atoms with E-state index in [4.69, 9.17) is 5.73 Å². The van der Waals surface area contributed by atoms with Gasteiger partial charge in [-0.1, -0.05) is 0 Å². The second-order valence-electron chi connectivity index (χ2n) is 4.48. The average molecular weight is 287 g/mol. The van der Waals surface area contributed by atoms with Crippen LogP contribution in [0.2, 0.25) is 0 Å². The number of H-pyrrole nitrogens is 1. The fourth-order valence-corrected chi connectivity index (χ4v) is 2.79. The van der Waals surface area contributed by atoms with Crippen molar-refractivity contribution in [2.24, 2.45) is 0 Å². The van der Waals surface area contributed by atoms with Gasteiger partial charge in [0.15, 0.2) is 5.69 Å². The zero-order chi connectivity index (χ0) is 14.3. The number of rotatable bonds is 2. The van der Waals surface area contributed by atoms with E-state index in [2.05, 4.69) is 20.5 Å². The largest absolute Gasteiger partial charge is 0.395 e. The topological polar surface area (TPSA) is 96.7 Å². The van der Waals surface area contributed by atoms with E-state index >= 15 is 0 Å². The monoisotopic (exact) mass is 287 g/mol. The van der Waals surface area contributed by atoms with Crippen LogP contribution in [-0.4, -0.2) is 21.1 Å². The molecule has 20 heavy (non-hydrogen) atoms. The summed E-state index contributed by atoms with van der Waals surface area (Å²) in [6.07, 6.45) is 0. The Labute approximate surface area is 119 Å². The lowest BCUT2D eigenvalue weighted by atomic mass is 10.2. The van der Waals surface area contributed by atoms with Crippen molar-refractivity contribution in [2.45, 2.75) is 13.8 Å². The van der Waals surface area contributed by atoms with Gasteiger partial charge >= 0.3 is 0 Å². The van der Waals surface area contributed by atoms with Crippen molar-refractivity contribution >= 4 is 38.8 Å². The maximum Gasteiger partial charge on any atom is 0.278 e. The van der Waals surface area contributed by atoms with Gasteiger partial charge in [-0.05, 0) is 32.0 Å². The molecule has 0 saturated carbocycles. The molecule has 0 spiro atoms. The van der Waals surface area contributed by atoms with Crippen LogP contribution >= 0.6 is 11.3 Å². The number of thiazole rings is 1. The first-order valence-electron chi connectivity index (χ1n) is 6.03. The predicted molar refractivity (Wildman–Crippen MR) is 80.0 cm³/mol. The van der Waals surface area contributed by atoms with E-state index in [1.807, 2.05) is 25.1 Å². The van der Waals surface area contributed by atoms with Crippen molar-refractivity contribution in [1.82, 2.24) is 15.2 Å². The maximum atomic E-state index is 12.1. The third kappa shape index (κ3) is 2.12. The lowest BCUT2D eigenvalue weighted by Gasteiger charge is -2.03. The van der Waals surface area contributed by atoms with E-state index in [9.17, 15) is 4.79 Å². The highest BCUT2D eigenvalue weighted by Gasteiger charge is 2.15. The summed E-state index contributed by atoms with van der Waals surface area (Å²) < 4.78 is 1.03. The van der Waals surface area contributed by atoms with E-state index in [-0.39, 0.29) is 11.6 Å². The summed E-state index contributed by atoms with van der Waals surface area (Å²) in [6, 6.07) is 5.59. The zero-order valence-electron chi connectivity index (χ0n) is 11.0. The summed E-state index contributed by atoms with van der Waals surface area (Å²) in [4.78, 5) is 16.5. The number of amides is 1. The number of fused-ring (bicyclic) bond motifs is 1. The molecule has 0 aliphatic heterocycles. The number of hydrogen-bond acceptors (Lipinski definition) is 5. The van der Waals surface area contributed by atoms with Crippen LogP contribution in [0.5, 0.6) is 0 Å². The number of nitrogens with one attached hydrogen (secondary N) is 2. The Morgan fingerprint density at radius 1 is 1.40 bits per heavy atom. The quantitative estimate of drug-likeness (QED) is 0.674. The molecule has 4 N–H and O–H groups in total. The summed E-state index contributed by atoms with van der Waals surface area (Å²) in [7, 11) is 0. The summed E-state index contributed by atoms with van der Waals surface area (Å²) in [5.74, 6) is -0.326. The third-order valence-electron chi connectivity index (χ3n) is 2.96. The number of aryl methyl sites for hydroxylation is 2. The van der Waals surface area contributed by atoms with Crippen molar-refractivity contribution in [3.63, 3.8) is 0 Å². The molecule has 7 heteroatoms. The Morgan fingerprint density at radius 3 is 2.90 bits per heavy atom. The minimum atomic E-state index is -0.326. The molecule has 0 bridgehead atoms. The van der Waals surface area contributed by atoms with E-state index < -0.39 is 0 Å². The van der Waals surface area contributed by atoms with Crippen LogP contribution < -0.4 is 11.1 Å². The second kappa shape index (κ2) is 4.61. The number of benzene rings is 1.